The minimum Gasteiger partial charge on any atom is -0.497 e. The Hall–Kier alpha value is -2.60. The van der Waals surface area contributed by atoms with E-state index in [1.54, 1.807) is 26.6 Å². The standard InChI is InChI=1S/C20H25N3O3/c1-4-22(12-15-5-7-21-8-6-15)20(24)19-14-23(19)13-16-9-17(25-2)11-18(10-16)26-3/h5-11,19H,4,12-14H2,1-3H3. The lowest BCUT2D eigenvalue weighted by Gasteiger charge is -2.21. The molecule has 0 saturated carbocycles. The lowest BCUT2D eigenvalue weighted by atomic mass is 10.2. The van der Waals surface area contributed by atoms with E-state index in [4.69, 9.17) is 9.47 Å². The monoisotopic (exact) mass is 355 g/mol. The molecule has 2 aromatic rings. The first-order valence-electron chi connectivity index (χ1n) is 8.78. The Bertz CT molecular complexity index is 729. The Labute approximate surface area is 154 Å². The van der Waals surface area contributed by atoms with Gasteiger partial charge in [0.05, 0.1) is 14.2 Å². The molecule has 1 aromatic carbocycles. The molecule has 1 aliphatic rings. The maximum Gasteiger partial charge on any atom is 0.241 e. The molecule has 0 aliphatic carbocycles. The van der Waals surface area contributed by atoms with Gasteiger partial charge in [-0.3, -0.25) is 14.7 Å². The van der Waals surface area contributed by atoms with E-state index in [1.807, 2.05) is 42.2 Å². The maximum absolute atomic E-state index is 12.8. The Balaban J connectivity index is 1.61. The minimum atomic E-state index is -0.0472. The fourth-order valence-electron chi connectivity index (χ4n) is 3.04. The van der Waals surface area contributed by atoms with Gasteiger partial charge in [0.25, 0.3) is 0 Å². The molecule has 1 saturated heterocycles. The molecular weight excluding hydrogens is 330 g/mol. The number of likely N-dealkylation sites (N-methyl/N-ethyl adjacent to an activating group) is 1. The predicted molar refractivity (Wildman–Crippen MR) is 99.1 cm³/mol. The highest BCUT2D eigenvalue weighted by molar-refractivity contribution is 5.84. The number of carbonyl (C=O) groups excluding carboxylic acids is 1. The number of rotatable bonds is 8. The Kier molecular flexibility index (Phi) is 5.73. The molecule has 2 atom stereocenters. The number of nitrogens with zero attached hydrogens (tertiary/aromatic N) is 3. The van der Waals surface area contributed by atoms with Gasteiger partial charge in [-0.25, -0.2) is 0 Å². The first-order valence-corrected chi connectivity index (χ1v) is 8.78. The highest BCUT2D eigenvalue weighted by Gasteiger charge is 2.42. The summed E-state index contributed by atoms with van der Waals surface area (Å²) in [5.41, 5.74) is 2.17. The van der Waals surface area contributed by atoms with Crippen molar-refractivity contribution in [1.82, 2.24) is 14.8 Å². The topological polar surface area (TPSA) is 54.7 Å². The molecule has 2 unspecified atom stereocenters. The van der Waals surface area contributed by atoms with Crippen LogP contribution in [-0.4, -0.2) is 54.0 Å². The molecule has 1 amide bonds. The summed E-state index contributed by atoms with van der Waals surface area (Å²) in [4.78, 5) is 20.9. The van der Waals surface area contributed by atoms with Crippen molar-refractivity contribution >= 4 is 5.91 Å². The van der Waals surface area contributed by atoms with Gasteiger partial charge in [-0.05, 0) is 42.3 Å². The van der Waals surface area contributed by atoms with Gasteiger partial charge in [0.15, 0.2) is 0 Å². The zero-order valence-corrected chi connectivity index (χ0v) is 15.5. The highest BCUT2D eigenvalue weighted by atomic mass is 16.5. The van der Waals surface area contributed by atoms with Crippen LogP contribution in [0.15, 0.2) is 42.7 Å². The first kappa shape index (κ1) is 18.2. The summed E-state index contributed by atoms with van der Waals surface area (Å²) in [5, 5.41) is 0. The van der Waals surface area contributed by atoms with Crippen LogP contribution in [0.4, 0.5) is 0 Å². The predicted octanol–water partition coefficient (Wildman–Crippen LogP) is 2.33. The van der Waals surface area contributed by atoms with Gasteiger partial charge in [0.1, 0.15) is 17.5 Å². The van der Waals surface area contributed by atoms with Crippen LogP contribution < -0.4 is 9.47 Å². The van der Waals surface area contributed by atoms with Crippen molar-refractivity contribution < 1.29 is 14.3 Å². The van der Waals surface area contributed by atoms with E-state index in [2.05, 4.69) is 9.88 Å². The third-order valence-electron chi connectivity index (χ3n) is 4.61. The fourth-order valence-corrected chi connectivity index (χ4v) is 3.04. The van der Waals surface area contributed by atoms with Crippen LogP contribution in [0.25, 0.3) is 0 Å². The molecule has 2 heterocycles. The largest absolute Gasteiger partial charge is 0.497 e. The van der Waals surface area contributed by atoms with Crippen molar-refractivity contribution in [2.75, 3.05) is 27.3 Å². The van der Waals surface area contributed by atoms with Crippen molar-refractivity contribution in [3.63, 3.8) is 0 Å². The molecule has 26 heavy (non-hydrogen) atoms. The van der Waals surface area contributed by atoms with Crippen LogP contribution in [0.3, 0.4) is 0 Å². The number of carbonyl (C=O) groups is 1. The van der Waals surface area contributed by atoms with Gasteiger partial charge in [0.2, 0.25) is 5.91 Å². The van der Waals surface area contributed by atoms with Gasteiger partial charge in [-0.1, -0.05) is 0 Å². The van der Waals surface area contributed by atoms with Crippen molar-refractivity contribution in [2.45, 2.75) is 26.1 Å². The highest BCUT2D eigenvalue weighted by Crippen LogP contribution is 2.28. The number of ether oxygens (including phenoxy) is 2. The summed E-state index contributed by atoms with van der Waals surface area (Å²) in [6, 6.07) is 9.66. The summed E-state index contributed by atoms with van der Waals surface area (Å²) >= 11 is 0. The third kappa shape index (κ3) is 4.32. The minimum absolute atomic E-state index is 0.0472. The van der Waals surface area contributed by atoms with Crippen LogP contribution in [-0.2, 0) is 17.9 Å². The number of amides is 1. The van der Waals surface area contributed by atoms with Crippen LogP contribution in [0.1, 0.15) is 18.1 Å². The van der Waals surface area contributed by atoms with Crippen LogP contribution in [0.5, 0.6) is 11.5 Å². The van der Waals surface area contributed by atoms with E-state index in [1.165, 1.54) is 0 Å². The molecule has 0 bridgehead atoms. The SMILES string of the molecule is CCN(Cc1ccncc1)C(=O)C1CN1Cc1cc(OC)cc(OC)c1. The number of hydrogen-bond donors (Lipinski definition) is 0. The van der Waals surface area contributed by atoms with E-state index in [0.29, 0.717) is 19.6 Å². The van der Waals surface area contributed by atoms with Gasteiger partial charge in [-0.15, -0.1) is 0 Å². The molecule has 1 aromatic heterocycles. The molecule has 0 N–H and O–H groups in total. The van der Waals surface area contributed by atoms with E-state index in [-0.39, 0.29) is 11.9 Å². The number of aromatic nitrogens is 1. The third-order valence-corrected chi connectivity index (χ3v) is 4.61. The molecule has 0 radical (unpaired) electrons. The number of benzene rings is 1. The van der Waals surface area contributed by atoms with E-state index >= 15 is 0 Å². The van der Waals surface area contributed by atoms with Crippen LogP contribution in [0, 0.1) is 0 Å². The molecule has 1 aliphatic heterocycles. The van der Waals surface area contributed by atoms with Gasteiger partial charge >= 0.3 is 0 Å². The van der Waals surface area contributed by atoms with Crippen LogP contribution in [0.2, 0.25) is 0 Å². The summed E-state index contributed by atoms with van der Waals surface area (Å²) in [6.45, 7) is 4.81. The molecule has 1 fully saturated rings. The average molecular weight is 355 g/mol. The second-order valence-corrected chi connectivity index (χ2v) is 6.37. The molecule has 138 valence electrons. The number of methoxy groups -OCH3 is 2. The van der Waals surface area contributed by atoms with Crippen LogP contribution >= 0.6 is 0 Å². The van der Waals surface area contributed by atoms with E-state index in [9.17, 15) is 4.79 Å². The van der Waals surface area contributed by atoms with Gasteiger partial charge in [0, 0.05) is 44.6 Å². The van der Waals surface area contributed by atoms with Crippen molar-refractivity contribution in [1.29, 1.82) is 0 Å². The summed E-state index contributed by atoms with van der Waals surface area (Å²) < 4.78 is 10.6. The second-order valence-electron chi connectivity index (χ2n) is 6.37. The van der Waals surface area contributed by atoms with Crippen molar-refractivity contribution in [2.24, 2.45) is 0 Å². The van der Waals surface area contributed by atoms with Gasteiger partial charge < -0.3 is 14.4 Å². The number of pyridine rings is 1. The fraction of sp³-hybridized carbons (Fsp3) is 0.400. The van der Waals surface area contributed by atoms with Crippen molar-refractivity contribution in [3.05, 3.63) is 53.9 Å². The Morgan fingerprint density at radius 2 is 1.81 bits per heavy atom. The van der Waals surface area contributed by atoms with Gasteiger partial charge in [-0.2, -0.15) is 0 Å². The smallest absolute Gasteiger partial charge is 0.241 e. The summed E-state index contributed by atoms with van der Waals surface area (Å²) in [7, 11) is 3.28. The van der Waals surface area contributed by atoms with E-state index < -0.39 is 0 Å². The van der Waals surface area contributed by atoms with E-state index in [0.717, 1.165) is 29.2 Å². The lowest BCUT2D eigenvalue weighted by Crippen LogP contribution is -2.35. The molecular formula is C20H25N3O3. The Morgan fingerprint density at radius 3 is 2.38 bits per heavy atom. The van der Waals surface area contributed by atoms with Crippen molar-refractivity contribution in [3.8, 4) is 11.5 Å². The quantitative estimate of drug-likeness (QED) is 0.680. The lowest BCUT2D eigenvalue weighted by molar-refractivity contribution is -0.131. The zero-order valence-electron chi connectivity index (χ0n) is 15.5. The second kappa shape index (κ2) is 8.19. The summed E-state index contributed by atoms with van der Waals surface area (Å²) in [5.74, 6) is 1.70. The molecule has 3 rings (SSSR count). The Morgan fingerprint density at radius 1 is 1.15 bits per heavy atom. The molecule has 6 heteroatoms. The summed E-state index contributed by atoms with van der Waals surface area (Å²) in [6.07, 6.45) is 3.51. The normalized spacial score (nSPS) is 18.3. The molecule has 6 nitrogen and oxygen atoms in total. The molecule has 0 spiro atoms. The maximum atomic E-state index is 12.8. The zero-order chi connectivity index (χ0) is 18.5. The number of hydrogen-bond acceptors (Lipinski definition) is 5. The first-order chi connectivity index (χ1) is 12.6. The average Bonchev–Trinajstić information content (AvgIpc) is 3.45.